The minimum atomic E-state index is 0.172. The molecule has 4 nitrogen and oxygen atoms in total. The first-order chi connectivity index (χ1) is 9.35. The van der Waals surface area contributed by atoms with Crippen molar-refractivity contribution >= 4 is 11.0 Å². The van der Waals surface area contributed by atoms with Crippen molar-refractivity contribution in [2.75, 3.05) is 6.61 Å². The Balaban J connectivity index is 1.77. The number of benzene rings is 1. The van der Waals surface area contributed by atoms with E-state index in [4.69, 9.17) is 9.52 Å². The molecule has 0 amide bonds. The van der Waals surface area contributed by atoms with Gasteiger partial charge in [0.15, 0.2) is 0 Å². The summed E-state index contributed by atoms with van der Waals surface area (Å²) in [6.45, 7) is 0.172. The maximum absolute atomic E-state index is 8.95. The molecular formula is C15H16N2O2. The molecule has 0 aliphatic rings. The number of nitrogens with zero attached hydrogens (tertiary/aromatic N) is 1. The number of H-pyrrole nitrogens is 1. The standard InChI is InChI=1S/C15H16N2O2/c18-8-7-11-3-5-13-14(10-11)17-15(16-13)6-4-12-2-1-9-19-12/h1-3,5,9-10,18H,4,6-8H2,(H,16,17). The molecule has 1 aromatic carbocycles. The van der Waals surface area contributed by atoms with Crippen LogP contribution in [0.25, 0.3) is 11.0 Å². The Labute approximate surface area is 111 Å². The number of aromatic amines is 1. The highest BCUT2D eigenvalue weighted by Crippen LogP contribution is 2.15. The molecular weight excluding hydrogens is 240 g/mol. The van der Waals surface area contributed by atoms with Crippen molar-refractivity contribution in [3.05, 3.63) is 53.7 Å². The van der Waals surface area contributed by atoms with E-state index < -0.39 is 0 Å². The number of hydrogen-bond donors (Lipinski definition) is 2. The SMILES string of the molecule is OCCc1ccc2nc(CCc3ccco3)[nH]c2c1. The lowest BCUT2D eigenvalue weighted by Gasteiger charge is -1.96. The summed E-state index contributed by atoms with van der Waals surface area (Å²) in [7, 11) is 0. The van der Waals surface area contributed by atoms with Crippen molar-refractivity contribution in [2.24, 2.45) is 0 Å². The van der Waals surface area contributed by atoms with Gasteiger partial charge in [0.05, 0.1) is 17.3 Å². The molecule has 3 rings (SSSR count). The second kappa shape index (κ2) is 5.28. The summed E-state index contributed by atoms with van der Waals surface area (Å²) in [4.78, 5) is 7.88. The van der Waals surface area contributed by atoms with Gasteiger partial charge >= 0.3 is 0 Å². The van der Waals surface area contributed by atoms with E-state index >= 15 is 0 Å². The van der Waals surface area contributed by atoms with Crippen molar-refractivity contribution in [1.29, 1.82) is 0 Å². The number of imidazole rings is 1. The number of fused-ring (bicyclic) bond motifs is 1. The van der Waals surface area contributed by atoms with Gasteiger partial charge in [-0.3, -0.25) is 0 Å². The maximum atomic E-state index is 8.95. The van der Waals surface area contributed by atoms with Crippen molar-refractivity contribution < 1.29 is 9.52 Å². The molecule has 2 N–H and O–H groups in total. The van der Waals surface area contributed by atoms with E-state index in [2.05, 4.69) is 16.0 Å². The molecule has 0 fully saturated rings. The second-order valence-corrected chi connectivity index (χ2v) is 4.59. The Kier molecular flexibility index (Phi) is 3.33. The highest BCUT2D eigenvalue weighted by atomic mass is 16.3. The Morgan fingerprint density at radius 1 is 1.16 bits per heavy atom. The molecule has 0 saturated heterocycles. The van der Waals surface area contributed by atoms with E-state index in [1.807, 2.05) is 24.3 Å². The number of rotatable bonds is 5. The molecule has 0 spiro atoms. The summed E-state index contributed by atoms with van der Waals surface area (Å²) >= 11 is 0. The lowest BCUT2D eigenvalue weighted by molar-refractivity contribution is 0.299. The summed E-state index contributed by atoms with van der Waals surface area (Å²) in [6, 6.07) is 9.93. The van der Waals surface area contributed by atoms with E-state index in [9.17, 15) is 0 Å². The molecule has 0 atom stereocenters. The van der Waals surface area contributed by atoms with Gasteiger partial charge in [0.25, 0.3) is 0 Å². The smallest absolute Gasteiger partial charge is 0.107 e. The van der Waals surface area contributed by atoms with Gasteiger partial charge in [0.2, 0.25) is 0 Å². The Hall–Kier alpha value is -2.07. The van der Waals surface area contributed by atoms with Gasteiger partial charge in [-0.1, -0.05) is 6.07 Å². The number of aliphatic hydroxyl groups excluding tert-OH is 1. The molecule has 19 heavy (non-hydrogen) atoms. The summed E-state index contributed by atoms with van der Waals surface area (Å²) in [5.41, 5.74) is 3.12. The van der Waals surface area contributed by atoms with Crippen LogP contribution in [0.4, 0.5) is 0 Å². The predicted molar refractivity (Wildman–Crippen MR) is 73.0 cm³/mol. The third kappa shape index (κ3) is 2.69. The first-order valence-corrected chi connectivity index (χ1v) is 6.46. The van der Waals surface area contributed by atoms with Gasteiger partial charge in [-0.15, -0.1) is 0 Å². The van der Waals surface area contributed by atoms with Gasteiger partial charge < -0.3 is 14.5 Å². The van der Waals surface area contributed by atoms with Crippen molar-refractivity contribution in [3.63, 3.8) is 0 Å². The fourth-order valence-corrected chi connectivity index (χ4v) is 2.21. The van der Waals surface area contributed by atoms with E-state index in [1.165, 1.54) is 0 Å². The zero-order chi connectivity index (χ0) is 13.1. The first-order valence-electron chi connectivity index (χ1n) is 6.46. The van der Waals surface area contributed by atoms with Crippen LogP contribution in [0, 0.1) is 0 Å². The molecule has 0 saturated carbocycles. The molecule has 0 unspecified atom stereocenters. The Bertz CT molecular complexity index is 656. The second-order valence-electron chi connectivity index (χ2n) is 4.59. The van der Waals surface area contributed by atoms with Crippen LogP contribution in [0.1, 0.15) is 17.1 Å². The molecule has 4 heteroatoms. The van der Waals surface area contributed by atoms with Crippen LogP contribution in [0.5, 0.6) is 0 Å². The number of furan rings is 1. The van der Waals surface area contributed by atoms with Crippen molar-refractivity contribution in [1.82, 2.24) is 9.97 Å². The van der Waals surface area contributed by atoms with Gasteiger partial charge in [0, 0.05) is 19.4 Å². The number of hydrogen-bond acceptors (Lipinski definition) is 3. The molecule has 3 aromatic rings. The van der Waals surface area contributed by atoms with Crippen LogP contribution in [-0.4, -0.2) is 21.7 Å². The average molecular weight is 256 g/mol. The molecule has 0 bridgehead atoms. The summed E-state index contributed by atoms with van der Waals surface area (Å²) in [6.07, 6.45) is 4.04. The molecule has 0 radical (unpaired) electrons. The third-order valence-corrected chi connectivity index (χ3v) is 3.18. The summed E-state index contributed by atoms with van der Waals surface area (Å²) in [5.74, 6) is 1.94. The normalized spacial score (nSPS) is 11.2. The van der Waals surface area contributed by atoms with Gasteiger partial charge in [-0.25, -0.2) is 4.98 Å². The minimum Gasteiger partial charge on any atom is -0.469 e. The molecule has 0 aliphatic carbocycles. The quantitative estimate of drug-likeness (QED) is 0.737. The van der Waals surface area contributed by atoms with Crippen molar-refractivity contribution in [3.8, 4) is 0 Å². The predicted octanol–water partition coefficient (Wildman–Crippen LogP) is 2.48. The lowest BCUT2D eigenvalue weighted by atomic mass is 10.1. The highest BCUT2D eigenvalue weighted by molar-refractivity contribution is 5.75. The number of aromatic nitrogens is 2. The van der Waals surface area contributed by atoms with E-state index in [0.717, 1.165) is 41.0 Å². The highest BCUT2D eigenvalue weighted by Gasteiger charge is 2.05. The zero-order valence-electron chi connectivity index (χ0n) is 10.6. The Morgan fingerprint density at radius 3 is 2.89 bits per heavy atom. The fourth-order valence-electron chi connectivity index (χ4n) is 2.21. The zero-order valence-corrected chi connectivity index (χ0v) is 10.6. The molecule has 2 aromatic heterocycles. The first kappa shape index (κ1) is 12.0. The number of nitrogens with one attached hydrogen (secondary N) is 1. The van der Waals surface area contributed by atoms with E-state index in [1.54, 1.807) is 6.26 Å². The van der Waals surface area contributed by atoms with Crippen LogP contribution in [0.15, 0.2) is 41.0 Å². The van der Waals surface area contributed by atoms with Crippen LogP contribution in [-0.2, 0) is 19.3 Å². The van der Waals surface area contributed by atoms with Crippen LogP contribution in [0.3, 0.4) is 0 Å². The summed E-state index contributed by atoms with van der Waals surface area (Å²) in [5, 5.41) is 8.95. The monoisotopic (exact) mass is 256 g/mol. The van der Waals surface area contributed by atoms with Gasteiger partial charge in [-0.2, -0.15) is 0 Å². The average Bonchev–Trinajstić information content (AvgIpc) is 3.05. The Morgan fingerprint density at radius 2 is 2.11 bits per heavy atom. The molecule has 2 heterocycles. The molecule has 0 aliphatic heterocycles. The molecule has 98 valence electrons. The fraction of sp³-hybridized carbons (Fsp3) is 0.267. The van der Waals surface area contributed by atoms with Gasteiger partial charge in [-0.05, 0) is 36.2 Å². The number of aryl methyl sites for hydroxylation is 2. The van der Waals surface area contributed by atoms with Crippen LogP contribution < -0.4 is 0 Å². The largest absolute Gasteiger partial charge is 0.469 e. The van der Waals surface area contributed by atoms with E-state index in [-0.39, 0.29) is 6.61 Å². The van der Waals surface area contributed by atoms with Crippen LogP contribution in [0.2, 0.25) is 0 Å². The number of aliphatic hydroxyl groups is 1. The third-order valence-electron chi connectivity index (χ3n) is 3.18. The maximum Gasteiger partial charge on any atom is 0.107 e. The van der Waals surface area contributed by atoms with Crippen molar-refractivity contribution in [2.45, 2.75) is 19.3 Å². The lowest BCUT2D eigenvalue weighted by Crippen LogP contribution is -1.91. The van der Waals surface area contributed by atoms with E-state index in [0.29, 0.717) is 6.42 Å². The topological polar surface area (TPSA) is 62.1 Å². The summed E-state index contributed by atoms with van der Waals surface area (Å²) < 4.78 is 5.31. The minimum absolute atomic E-state index is 0.172. The van der Waals surface area contributed by atoms with Crippen LogP contribution >= 0.6 is 0 Å². The van der Waals surface area contributed by atoms with Gasteiger partial charge in [0.1, 0.15) is 11.6 Å².